The highest BCUT2D eigenvalue weighted by Crippen LogP contribution is 2.24. The van der Waals surface area contributed by atoms with Crippen LogP contribution in [0.1, 0.15) is 18.4 Å². The molecule has 4 heteroatoms. The van der Waals surface area contributed by atoms with Crippen molar-refractivity contribution in [3.63, 3.8) is 0 Å². The summed E-state index contributed by atoms with van der Waals surface area (Å²) in [7, 11) is 4.25. The summed E-state index contributed by atoms with van der Waals surface area (Å²) in [5, 5.41) is 9.02. The Bertz CT molecular complexity index is 461. The van der Waals surface area contributed by atoms with Gasteiger partial charge in [0.05, 0.1) is 5.56 Å². The highest BCUT2D eigenvalue weighted by molar-refractivity contribution is 5.62. The monoisotopic (exact) mass is 244 g/mol. The molecule has 2 N–H and O–H groups in total. The molecular formula is C14H20N4. The Kier molecular flexibility index (Phi) is 3.73. The summed E-state index contributed by atoms with van der Waals surface area (Å²) in [6.45, 7) is 2.07. The van der Waals surface area contributed by atoms with Crippen LogP contribution in [-0.4, -0.2) is 38.1 Å². The van der Waals surface area contributed by atoms with Gasteiger partial charge in [0.25, 0.3) is 0 Å². The average Bonchev–Trinajstić information content (AvgIpc) is 2.39. The molecule has 4 nitrogen and oxygen atoms in total. The van der Waals surface area contributed by atoms with Crippen molar-refractivity contribution in [2.45, 2.75) is 18.9 Å². The van der Waals surface area contributed by atoms with Gasteiger partial charge in [0.2, 0.25) is 0 Å². The molecule has 1 unspecified atom stereocenters. The number of likely N-dealkylation sites (N-methyl/N-ethyl adjacent to an activating group) is 1. The van der Waals surface area contributed by atoms with Crippen molar-refractivity contribution in [1.82, 2.24) is 4.90 Å². The van der Waals surface area contributed by atoms with Crippen molar-refractivity contribution in [3.05, 3.63) is 23.8 Å². The van der Waals surface area contributed by atoms with Crippen LogP contribution in [0.2, 0.25) is 0 Å². The lowest BCUT2D eigenvalue weighted by Gasteiger charge is -2.37. The minimum absolute atomic E-state index is 0.558. The van der Waals surface area contributed by atoms with Gasteiger partial charge < -0.3 is 15.5 Å². The van der Waals surface area contributed by atoms with Crippen molar-refractivity contribution in [2.75, 3.05) is 37.8 Å². The quantitative estimate of drug-likeness (QED) is 0.804. The fraction of sp³-hybridized carbons (Fsp3) is 0.500. The number of hydrogen-bond donors (Lipinski definition) is 1. The second kappa shape index (κ2) is 5.28. The third-order valence-corrected chi connectivity index (χ3v) is 3.65. The van der Waals surface area contributed by atoms with E-state index in [1.54, 1.807) is 0 Å². The van der Waals surface area contributed by atoms with Gasteiger partial charge >= 0.3 is 0 Å². The SMILES string of the molecule is CN(C)C1CCCN(c2ccc(N)c(C#N)c2)C1. The lowest BCUT2D eigenvalue weighted by atomic mass is 10.0. The van der Waals surface area contributed by atoms with Crippen LogP contribution in [0, 0.1) is 11.3 Å². The van der Waals surface area contributed by atoms with Gasteiger partial charge in [-0.2, -0.15) is 5.26 Å². The number of rotatable bonds is 2. The molecule has 18 heavy (non-hydrogen) atoms. The third kappa shape index (κ3) is 2.57. The number of anilines is 2. The van der Waals surface area contributed by atoms with E-state index in [4.69, 9.17) is 11.0 Å². The third-order valence-electron chi connectivity index (χ3n) is 3.65. The predicted octanol–water partition coefficient (Wildman–Crippen LogP) is 1.67. The molecule has 0 radical (unpaired) electrons. The zero-order valence-corrected chi connectivity index (χ0v) is 11.1. The van der Waals surface area contributed by atoms with Gasteiger partial charge in [0.1, 0.15) is 6.07 Å². The van der Waals surface area contributed by atoms with Gasteiger partial charge in [-0.15, -0.1) is 0 Å². The zero-order chi connectivity index (χ0) is 13.1. The van der Waals surface area contributed by atoms with E-state index in [0.717, 1.165) is 18.8 Å². The molecular weight excluding hydrogens is 224 g/mol. The first-order valence-electron chi connectivity index (χ1n) is 6.33. The maximum absolute atomic E-state index is 9.02. The van der Waals surface area contributed by atoms with Crippen LogP contribution >= 0.6 is 0 Å². The van der Waals surface area contributed by atoms with Crippen molar-refractivity contribution in [1.29, 1.82) is 5.26 Å². The van der Waals surface area contributed by atoms with Crippen molar-refractivity contribution in [2.24, 2.45) is 0 Å². The van der Waals surface area contributed by atoms with Gasteiger partial charge in [-0.3, -0.25) is 0 Å². The summed E-state index contributed by atoms with van der Waals surface area (Å²) >= 11 is 0. The van der Waals surface area contributed by atoms with Crippen LogP contribution in [0.3, 0.4) is 0 Å². The van der Waals surface area contributed by atoms with E-state index in [0.29, 0.717) is 17.3 Å². The number of piperidine rings is 1. The van der Waals surface area contributed by atoms with Crippen molar-refractivity contribution >= 4 is 11.4 Å². The lowest BCUT2D eigenvalue weighted by Crippen LogP contribution is -2.45. The lowest BCUT2D eigenvalue weighted by molar-refractivity contribution is 0.258. The number of nitrogen functional groups attached to an aromatic ring is 1. The summed E-state index contributed by atoms with van der Waals surface area (Å²) in [5.74, 6) is 0. The maximum atomic E-state index is 9.02. The molecule has 0 saturated carbocycles. The summed E-state index contributed by atoms with van der Waals surface area (Å²) in [6.07, 6.45) is 2.43. The van der Waals surface area contributed by atoms with Crippen LogP contribution < -0.4 is 10.6 Å². The second-order valence-electron chi connectivity index (χ2n) is 5.09. The van der Waals surface area contributed by atoms with Gasteiger partial charge in [-0.25, -0.2) is 0 Å². The molecule has 96 valence electrons. The number of hydrogen-bond acceptors (Lipinski definition) is 4. The summed E-state index contributed by atoms with van der Waals surface area (Å²) in [4.78, 5) is 4.61. The van der Waals surface area contributed by atoms with E-state index in [-0.39, 0.29) is 0 Å². The van der Waals surface area contributed by atoms with Gasteiger partial charge in [-0.1, -0.05) is 0 Å². The molecule has 0 aliphatic carbocycles. The number of nitrogens with two attached hydrogens (primary N) is 1. The number of nitrogens with zero attached hydrogens (tertiary/aromatic N) is 3. The van der Waals surface area contributed by atoms with Gasteiger partial charge in [0, 0.05) is 30.5 Å². The topological polar surface area (TPSA) is 56.3 Å². The molecule has 1 aromatic rings. The molecule has 0 amide bonds. The molecule has 0 bridgehead atoms. The van der Waals surface area contributed by atoms with Gasteiger partial charge in [0.15, 0.2) is 0 Å². The number of nitriles is 1. The van der Waals surface area contributed by atoms with Crippen LogP contribution in [0.15, 0.2) is 18.2 Å². The van der Waals surface area contributed by atoms with Crippen LogP contribution in [-0.2, 0) is 0 Å². The Hall–Kier alpha value is -1.73. The molecule has 1 aromatic carbocycles. The Labute approximate surface area is 109 Å². The first-order chi connectivity index (χ1) is 8.61. The Morgan fingerprint density at radius 1 is 1.44 bits per heavy atom. The first-order valence-corrected chi connectivity index (χ1v) is 6.33. The van der Waals surface area contributed by atoms with Crippen LogP contribution in [0.25, 0.3) is 0 Å². The molecule has 0 aromatic heterocycles. The minimum atomic E-state index is 0.558. The van der Waals surface area contributed by atoms with E-state index in [1.165, 1.54) is 12.8 Å². The van der Waals surface area contributed by atoms with Crippen molar-refractivity contribution in [3.8, 4) is 6.07 Å². The highest BCUT2D eigenvalue weighted by atomic mass is 15.2. The summed E-state index contributed by atoms with van der Waals surface area (Å²) in [5.41, 5.74) is 7.99. The van der Waals surface area contributed by atoms with E-state index in [9.17, 15) is 0 Å². The maximum Gasteiger partial charge on any atom is 0.101 e. The standard InChI is InChI=1S/C14H20N4/c1-17(2)13-4-3-7-18(10-13)12-5-6-14(16)11(8-12)9-15/h5-6,8,13H,3-4,7,10,16H2,1-2H3. The molecule has 1 atom stereocenters. The molecule has 1 saturated heterocycles. The first kappa shape index (κ1) is 12.7. The van der Waals surface area contributed by atoms with Crippen LogP contribution in [0.4, 0.5) is 11.4 Å². The van der Waals surface area contributed by atoms with E-state index >= 15 is 0 Å². The van der Waals surface area contributed by atoms with E-state index in [2.05, 4.69) is 30.0 Å². The molecule has 0 spiro atoms. The summed E-state index contributed by atoms with van der Waals surface area (Å²) in [6, 6.07) is 8.46. The highest BCUT2D eigenvalue weighted by Gasteiger charge is 2.21. The minimum Gasteiger partial charge on any atom is -0.398 e. The van der Waals surface area contributed by atoms with Crippen molar-refractivity contribution < 1.29 is 0 Å². The summed E-state index contributed by atoms with van der Waals surface area (Å²) < 4.78 is 0. The van der Waals surface area contributed by atoms with Crippen LogP contribution in [0.5, 0.6) is 0 Å². The Balaban J connectivity index is 2.19. The Morgan fingerprint density at radius 2 is 2.22 bits per heavy atom. The zero-order valence-electron chi connectivity index (χ0n) is 11.1. The van der Waals surface area contributed by atoms with E-state index < -0.39 is 0 Å². The second-order valence-corrected chi connectivity index (χ2v) is 5.09. The average molecular weight is 244 g/mol. The smallest absolute Gasteiger partial charge is 0.101 e. The largest absolute Gasteiger partial charge is 0.398 e. The molecule has 1 aliphatic heterocycles. The fourth-order valence-electron chi connectivity index (χ4n) is 2.45. The molecule has 1 fully saturated rings. The Morgan fingerprint density at radius 3 is 2.89 bits per heavy atom. The normalized spacial score (nSPS) is 19.9. The van der Waals surface area contributed by atoms with Gasteiger partial charge in [-0.05, 0) is 45.1 Å². The van der Waals surface area contributed by atoms with E-state index in [1.807, 2.05) is 18.2 Å². The predicted molar refractivity (Wildman–Crippen MR) is 74.5 cm³/mol. The molecule has 2 rings (SSSR count). The fourth-order valence-corrected chi connectivity index (χ4v) is 2.45. The molecule has 1 heterocycles. The molecule has 1 aliphatic rings. The number of benzene rings is 1.